The quantitative estimate of drug-likeness (QED) is 0.123. The fraction of sp³-hybridized carbons (Fsp3) is 0.267. The Labute approximate surface area is 566 Å². The lowest BCUT2D eigenvalue weighted by atomic mass is 9.62. The number of aromatic nitrogens is 5. The normalized spacial score (nSPS) is 14.5. The highest BCUT2D eigenvalue weighted by Crippen LogP contribution is 2.54. The Morgan fingerprint density at radius 3 is 1.49 bits per heavy atom. The van der Waals surface area contributed by atoms with Gasteiger partial charge in [-0.1, -0.05) is 232 Å². The lowest BCUT2D eigenvalue weighted by Gasteiger charge is -2.42. The van der Waals surface area contributed by atoms with Crippen LogP contribution in [0.1, 0.15) is 157 Å². The van der Waals surface area contributed by atoms with Gasteiger partial charge in [0, 0.05) is 39.5 Å². The minimum absolute atomic E-state index is 0.0410. The predicted molar refractivity (Wildman–Crippen MR) is 402 cm³/mol. The third-order valence-electron chi connectivity index (χ3n) is 21.3. The Balaban J connectivity index is 1.02. The van der Waals surface area contributed by atoms with E-state index < -0.39 is 0 Å². The molecule has 5 heterocycles. The van der Waals surface area contributed by atoms with Crippen molar-refractivity contribution in [1.29, 1.82) is 0 Å². The highest BCUT2D eigenvalue weighted by atomic mass is 16.5. The van der Waals surface area contributed by atoms with Crippen molar-refractivity contribution >= 4 is 54.6 Å². The van der Waals surface area contributed by atoms with E-state index in [1.165, 1.54) is 88.5 Å². The average molecular weight is 1250 g/mol. The Kier molecular flexibility index (Phi) is 13.6. The Hall–Kier alpha value is -9.78. The number of nitrogens with zero attached hydrogens (tertiary/aromatic N) is 5. The molecule has 0 atom stereocenters. The summed E-state index contributed by atoms with van der Waals surface area (Å²) in [6.07, 6.45) is 8.44. The molecule has 0 N–H and O–H groups in total. The van der Waals surface area contributed by atoms with Gasteiger partial charge in [-0.15, -0.1) is 0 Å². The van der Waals surface area contributed by atoms with Gasteiger partial charge in [0.15, 0.2) is 0 Å². The van der Waals surface area contributed by atoms with Gasteiger partial charge in [-0.25, -0.2) is 4.98 Å². The van der Waals surface area contributed by atoms with Gasteiger partial charge in [-0.2, -0.15) is 0 Å². The van der Waals surface area contributed by atoms with E-state index >= 15 is 0 Å². The van der Waals surface area contributed by atoms with E-state index in [0.29, 0.717) is 5.75 Å². The first kappa shape index (κ1) is 61.1. The zero-order chi connectivity index (χ0) is 66.9. The van der Waals surface area contributed by atoms with E-state index in [2.05, 4.69) is 342 Å². The number of pyridine rings is 1. The number of imidazole rings is 1. The number of para-hydroxylation sites is 3. The van der Waals surface area contributed by atoms with Gasteiger partial charge in [0.05, 0.1) is 44.5 Å². The summed E-state index contributed by atoms with van der Waals surface area (Å²) < 4.78 is 16.7. The summed E-state index contributed by atoms with van der Waals surface area (Å²) in [7, 11) is 0. The van der Waals surface area contributed by atoms with E-state index in [0.717, 1.165) is 85.5 Å². The topological polar surface area (TPSA) is 40.8 Å². The summed E-state index contributed by atoms with van der Waals surface area (Å²) in [5.41, 5.74) is 26.5. The van der Waals surface area contributed by atoms with Crippen LogP contribution >= 0.6 is 0 Å². The largest absolute Gasteiger partial charge is 0.458 e. The molecule has 0 saturated heterocycles. The van der Waals surface area contributed by atoms with Crippen LogP contribution in [0.15, 0.2) is 212 Å². The van der Waals surface area contributed by atoms with Gasteiger partial charge in [0.25, 0.3) is 6.33 Å². The fourth-order valence-electron chi connectivity index (χ4n) is 15.6. The van der Waals surface area contributed by atoms with Crippen LogP contribution in [0.5, 0.6) is 11.5 Å². The number of ether oxygens (including phenoxy) is 1. The monoisotopic (exact) mass is 1250 g/mol. The highest BCUT2D eigenvalue weighted by molar-refractivity contribution is 6.11. The first-order chi connectivity index (χ1) is 45.6. The summed E-state index contributed by atoms with van der Waals surface area (Å²) in [6.45, 7) is 37.9. The molecule has 14 aromatic rings. The molecule has 0 spiro atoms. The molecular formula is C90H87N5O. The number of hydrogen-bond donors (Lipinski definition) is 0. The first-order valence-electron chi connectivity index (χ1n) is 34.5. The molecule has 10 aromatic carbocycles. The average Bonchev–Trinajstić information content (AvgIpc) is 1.46. The molecule has 0 amide bonds. The van der Waals surface area contributed by atoms with Gasteiger partial charge in [-0.05, 0) is 202 Å². The number of fused-ring (bicyclic) bond motifs is 14. The summed E-state index contributed by atoms with van der Waals surface area (Å²) in [6, 6.07) is 77.8. The van der Waals surface area contributed by atoms with Gasteiger partial charge in [0.2, 0.25) is 0 Å². The third kappa shape index (κ3) is 9.94. The smallest absolute Gasteiger partial charge is 0.269 e. The lowest BCUT2D eigenvalue weighted by Crippen LogP contribution is -2.34. The molecule has 0 fully saturated rings. The number of rotatable bonds is 6. The van der Waals surface area contributed by atoms with Crippen molar-refractivity contribution in [2.45, 2.75) is 156 Å². The SMILES string of the molecule is CC(C)(C)c1cc(-c2cc(C(C)(C)C)cc3c2-[n+]2[c-]n(-c4cccc(Oc5ccc6c7ccccc7n(-c7cc(C(C)(C)C)ccn7)c6c5)c4)c4cc(-n5c6ccccc6c6ccccc65)cc(c42)-c2ccccc2-c2cc4c(cc2-3)C(C)(C)CCC4(C)C)cc(C(C)(C)C)c1. The van der Waals surface area contributed by atoms with E-state index in [1.807, 2.05) is 6.20 Å². The van der Waals surface area contributed by atoms with Crippen LogP contribution in [0, 0.1) is 6.33 Å². The van der Waals surface area contributed by atoms with Crippen LogP contribution < -0.4 is 9.30 Å². The molecule has 2 aliphatic rings. The lowest BCUT2D eigenvalue weighted by molar-refractivity contribution is -0.570. The minimum atomic E-state index is -0.217. The van der Waals surface area contributed by atoms with Crippen molar-refractivity contribution in [3.05, 3.63) is 252 Å². The van der Waals surface area contributed by atoms with E-state index in [1.54, 1.807) is 0 Å². The zero-order valence-electron chi connectivity index (χ0n) is 58.8. The van der Waals surface area contributed by atoms with Crippen LogP contribution in [0.3, 0.4) is 0 Å². The second-order valence-electron chi connectivity index (χ2n) is 33.0. The van der Waals surface area contributed by atoms with E-state index in [-0.39, 0.29) is 32.5 Å². The molecule has 0 unspecified atom stereocenters. The van der Waals surface area contributed by atoms with Crippen LogP contribution in [-0.4, -0.2) is 18.7 Å². The van der Waals surface area contributed by atoms with Crippen molar-refractivity contribution in [2.75, 3.05) is 0 Å². The number of benzene rings is 10. The molecule has 0 saturated carbocycles. The maximum absolute atomic E-state index is 7.18. The second-order valence-corrected chi connectivity index (χ2v) is 33.0. The van der Waals surface area contributed by atoms with E-state index in [4.69, 9.17) is 9.72 Å². The van der Waals surface area contributed by atoms with Gasteiger partial charge < -0.3 is 9.30 Å². The molecule has 6 nitrogen and oxygen atoms in total. The minimum Gasteiger partial charge on any atom is -0.458 e. The van der Waals surface area contributed by atoms with Crippen molar-refractivity contribution < 1.29 is 9.30 Å². The van der Waals surface area contributed by atoms with Gasteiger partial charge in [0.1, 0.15) is 17.3 Å². The molecule has 16 rings (SSSR count). The maximum atomic E-state index is 7.18. The molecule has 1 aliphatic heterocycles. The molecule has 0 radical (unpaired) electrons. The number of hydrogen-bond acceptors (Lipinski definition) is 2. The molecule has 96 heavy (non-hydrogen) atoms. The first-order valence-corrected chi connectivity index (χ1v) is 34.5. The molecular weight excluding hydrogens is 1170 g/mol. The summed E-state index contributed by atoms with van der Waals surface area (Å²) in [5.74, 6) is 2.32. The van der Waals surface area contributed by atoms with E-state index in [9.17, 15) is 0 Å². The molecule has 4 aromatic heterocycles. The van der Waals surface area contributed by atoms with Crippen LogP contribution in [0.2, 0.25) is 0 Å². The highest BCUT2D eigenvalue weighted by Gasteiger charge is 2.40. The van der Waals surface area contributed by atoms with Crippen molar-refractivity contribution in [3.63, 3.8) is 0 Å². The Morgan fingerprint density at radius 2 is 0.896 bits per heavy atom. The van der Waals surface area contributed by atoms with Gasteiger partial charge in [-0.3, -0.25) is 13.7 Å². The Bertz CT molecular complexity index is 5470. The predicted octanol–water partition coefficient (Wildman–Crippen LogP) is 23.6. The Morgan fingerprint density at radius 1 is 0.385 bits per heavy atom. The summed E-state index contributed by atoms with van der Waals surface area (Å²) in [4.78, 5) is 5.01. The van der Waals surface area contributed by atoms with Crippen molar-refractivity contribution in [1.82, 2.24) is 18.7 Å². The standard InChI is InChI=1S/C90H87N5O/c1-85(2,3)56-38-41-91-82(47-56)95-79-35-24-21-32-68(79)69-37-36-63(51-80(69)95)96-62-27-25-26-60(48-62)92-54-93-83-70(55-42-57(86(4,5)6)44-58(43-55)87(7,8)9)45-59(88(10,11)12)46-73(83)72-53-76-75(89(13,14)39-40-90(76,15)16)52-71(72)64-28-17-18-29-65(64)74-49-61(50-81(92)84(74)93)94-77-33-22-19-30-66(77)67-31-20-23-34-78(67)94/h17-38,41-53H,39-40H2,1-16H3. The molecule has 6 heteroatoms. The molecule has 0 bridgehead atoms. The van der Waals surface area contributed by atoms with Crippen LogP contribution in [-0.2, 0) is 32.5 Å². The maximum Gasteiger partial charge on any atom is 0.269 e. The second kappa shape index (κ2) is 21.4. The summed E-state index contributed by atoms with van der Waals surface area (Å²) in [5, 5.41) is 4.74. The summed E-state index contributed by atoms with van der Waals surface area (Å²) >= 11 is 0. The van der Waals surface area contributed by atoms with Crippen molar-refractivity contribution in [2.24, 2.45) is 0 Å². The zero-order valence-corrected chi connectivity index (χ0v) is 58.8. The fourth-order valence-corrected chi connectivity index (χ4v) is 15.6. The molecule has 1 aliphatic carbocycles. The molecule has 478 valence electrons. The van der Waals surface area contributed by atoms with Crippen molar-refractivity contribution in [3.8, 4) is 78.9 Å². The third-order valence-corrected chi connectivity index (χ3v) is 21.3. The van der Waals surface area contributed by atoms with Gasteiger partial charge >= 0.3 is 0 Å². The van der Waals surface area contributed by atoms with Crippen LogP contribution in [0.4, 0.5) is 0 Å². The van der Waals surface area contributed by atoms with Crippen LogP contribution in [0.25, 0.3) is 122 Å².